The topological polar surface area (TPSA) is 126 Å². The van der Waals surface area contributed by atoms with Gasteiger partial charge in [-0.3, -0.25) is 14.6 Å². The van der Waals surface area contributed by atoms with Gasteiger partial charge in [0.25, 0.3) is 0 Å². The van der Waals surface area contributed by atoms with Gasteiger partial charge < -0.3 is 15.2 Å². The maximum Gasteiger partial charge on any atom is 0.425 e. The van der Waals surface area contributed by atoms with Crippen LogP contribution in [0.5, 0.6) is 5.75 Å². The minimum atomic E-state index is -4.74. The van der Waals surface area contributed by atoms with Crippen LogP contribution in [0.25, 0.3) is 0 Å². The molecule has 1 aromatic heterocycles. The Bertz CT molecular complexity index is 995. The van der Waals surface area contributed by atoms with E-state index in [2.05, 4.69) is 4.98 Å². The highest BCUT2D eigenvalue weighted by Gasteiger charge is 2.51. The van der Waals surface area contributed by atoms with Crippen LogP contribution >= 0.6 is 0 Å². The van der Waals surface area contributed by atoms with Gasteiger partial charge in [0, 0.05) is 30.5 Å². The van der Waals surface area contributed by atoms with Gasteiger partial charge in [0.15, 0.2) is 27.4 Å². The van der Waals surface area contributed by atoms with E-state index in [1.165, 1.54) is 0 Å². The van der Waals surface area contributed by atoms with Gasteiger partial charge in [-0.1, -0.05) is 0 Å². The molecule has 2 aliphatic rings. The number of aromatic nitrogens is 1. The summed E-state index contributed by atoms with van der Waals surface area (Å²) in [5.74, 6) is -2.89. The summed E-state index contributed by atoms with van der Waals surface area (Å²) in [6, 6.07) is 0.894. The van der Waals surface area contributed by atoms with Crippen LogP contribution in [-0.4, -0.2) is 62.1 Å². The SMILES string of the molecule is C[C@H](Oc1cc(C(=O)CC2(CC(N)=O)CS(=O)(=O)C2)ncc1C1(F)COC1)C(F)(F)F. The molecular formula is C18H20F4N2O6S. The summed E-state index contributed by atoms with van der Waals surface area (Å²) in [5, 5.41) is 0. The Morgan fingerprint density at radius 3 is 2.35 bits per heavy atom. The van der Waals surface area contributed by atoms with Crippen LogP contribution in [-0.2, 0) is 25.0 Å². The standard InChI is InChI=1S/C18H20F4N2O6S/c1-10(18(20,21)22)30-14-2-12(24-5-11(14)17(19)6-29-7-17)13(25)3-16(4-15(23)26)8-31(27,28)9-16/h2,5,10H,3-4,6-9H2,1H3,(H2,23,26)/t10-/m0/s1. The fraction of sp³-hybridized carbons (Fsp3) is 0.611. The molecule has 1 amide bonds. The van der Waals surface area contributed by atoms with Gasteiger partial charge in [0.05, 0.1) is 30.3 Å². The Hall–Kier alpha value is -2.28. The predicted octanol–water partition coefficient (Wildman–Crippen LogP) is 1.47. The third-order valence-corrected chi connectivity index (χ3v) is 7.30. The number of ketones is 1. The van der Waals surface area contributed by atoms with Crippen LogP contribution in [0, 0.1) is 5.41 Å². The number of halogens is 4. The lowest BCUT2D eigenvalue weighted by atomic mass is 9.81. The smallest absolute Gasteiger partial charge is 0.425 e. The van der Waals surface area contributed by atoms with Gasteiger partial charge in [0.1, 0.15) is 11.4 Å². The van der Waals surface area contributed by atoms with Gasteiger partial charge in [-0.15, -0.1) is 0 Å². The first-order chi connectivity index (χ1) is 14.1. The summed E-state index contributed by atoms with van der Waals surface area (Å²) in [4.78, 5) is 27.9. The Balaban J connectivity index is 1.89. The third-order valence-electron chi connectivity index (χ3n) is 5.20. The van der Waals surface area contributed by atoms with Crippen LogP contribution in [0.2, 0.25) is 0 Å². The first-order valence-electron chi connectivity index (χ1n) is 9.17. The number of carbonyl (C=O) groups is 2. The number of hydrogen-bond donors (Lipinski definition) is 1. The molecule has 0 spiro atoms. The van der Waals surface area contributed by atoms with Crippen molar-refractivity contribution >= 4 is 21.5 Å². The van der Waals surface area contributed by atoms with Gasteiger partial charge in [0.2, 0.25) is 5.91 Å². The Labute approximate surface area is 175 Å². The molecule has 3 rings (SSSR count). The fourth-order valence-electron chi connectivity index (χ4n) is 3.68. The molecule has 0 aromatic carbocycles. The molecule has 0 unspecified atom stereocenters. The van der Waals surface area contributed by atoms with Crippen LogP contribution in [0.1, 0.15) is 35.8 Å². The van der Waals surface area contributed by atoms with Crippen molar-refractivity contribution in [3.05, 3.63) is 23.5 Å². The summed E-state index contributed by atoms with van der Waals surface area (Å²) in [6.07, 6.45) is -6.89. The van der Waals surface area contributed by atoms with Gasteiger partial charge >= 0.3 is 6.18 Å². The molecule has 31 heavy (non-hydrogen) atoms. The van der Waals surface area contributed by atoms with Crippen molar-refractivity contribution in [3.8, 4) is 5.75 Å². The summed E-state index contributed by atoms with van der Waals surface area (Å²) in [7, 11) is -3.42. The number of hydrogen-bond acceptors (Lipinski definition) is 7. The number of nitrogens with zero attached hydrogens (tertiary/aromatic N) is 1. The number of pyridine rings is 1. The molecule has 172 valence electrons. The first kappa shape index (κ1) is 23.4. The molecule has 2 fully saturated rings. The second-order valence-electron chi connectivity index (χ2n) is 8.10. The molecule has 0 aliphatic carbocycles. The summed E-state index contributed by atoms with van der Waals surface area (Å²) in [5.41, 5.74) is 1.22. The molecular weight excluding hydrogens is 448 g/mol. The lowest BCUT2D eigenvalue weighted by molar-refractivity contribution is -0.190. The van der Waals surface area contributed by atoms with E-state index >= 15 is 0 Å². The number of sulfone groups is 1. The van der Waals surface area contributed by atoms with Crippen molar-refractivity contribution < 1.29 is 45.0 Å². The molecule has 3 heterocycles. The van der Waals surface area contributed by atoms with Crippen LogP contribution in [0.15, 0.2) is 12.3 Å². The molecule has 1 aromatic rings. The molecule has 13 heteroatoms. The van der Waals surface area contributed by atoms with E-state index in [9.17, 15) is 35.6 Å². The van der Waals surface area contributed by atoms with Crippen LogP contribution < -0.4 is 10.5 Å². The van der Waals surface area contributed by atoms with E-state index in [1.807, 2.05) is 0 Å². The number of nitrogens with two attached hydrogens (primary N) is 1. The molecule has 0 radical (unpaired) electrons. The Morgan fingerprint density at radius 2 is 1.90 bits per heavy atom. The quantitative estimate of drug-likeness (QED) is 0.452. The van der Waals surface area contributed by atoms with Crippen LogP contribution in [0.4, 0.5) is 17.6 Å². The van der Waals surface area contributed by atoms with Crippen molar-refractivity contribution in [1.82, 2.24) is 4.98 Å². The Kier molecular flexibility index (Phi) is 5.80. The van der Waals surface area contributed by atoms with Gasteiger partial charge in [-0.2, -0.15) is 13.2 Å². The van der Waals surface area contributed by atoms with Crippen molar-refractivity contribution in [3.63, 3.8) is 0 Å². The van der Waals surface area contributed by atoms with E-state index in [-0.39, 0.29) is 17.7 Å². The maximum atomic E-state index is 14.8. The first-order valence-corrected chi connectivity index (χ1v) is 11.0. The van der Waals surface area contributed by atoms with Crippen LogP contribution in [0.3, 0.4) is 0 Å². The highest BCUT2D eigenvalue weighted by atomic mass is 32.2. The van der Waals surface area contributed by atoms with E-state index in [1.54, 1.807) is 0 Å². The number of alkyl halides is 4. The minimum absolute atomic E-state index is 0.288. The van der Waals surface area contributed by atoms with E-state index in [0.717, 1.165) is 19.2 Å². The average molecular weight is 468 g/mol. The number of ether oxygens (including phenoxy) is 2. The van der Waals surface area contributed by atoms with Crippen molar-refractivity contribution in [2.75, 3.05) is 24.7 Å². The van der Waals surface area contributed by atoms with Gasteiger partial charge in [-0.25, -0.2) is 12.8 Å². The number of rotatable bonds is 8. The number of Topliss-reactive ketones (excluding diaryl/α,β-unsaturated/α-hetero) is 1. The number of primary amides is 1. The molecule has 0 saturated carbocycles. The zero-order valence-corrected chi connectivity index (χ0v) is 17.2. The highest BCUT2D eigenvalue weighted by molar-refractivity contribution is 7.92. The normalized spacial score (nSPS) is 22.0. The monoisotopic (exact) mass is 468 g/mol. The molecule has 1 atom stereocenters. The maximum absolute atomic E-state index is 14.8. The Morgan fingerprint density at radius 1 is 1.29 bits per heavy atom. The van der Waals surface area contributed by atoms with Gasteiger partial charge in [-0.05, 0) is 6.92 Å². The zero-order chi connectivity index (χ0) is 23.2. The second kappa shape index (κ2) is 7.69. The summed E-state index contributed by atoms with van der Waals surface area (Å²) < 4.78 is 86.6. The lowest BCUT2D eigenvalue weighted by Gasteiger charge is -2.39. The zero-order valence-electron chi connectivity index (χ0n) is 16.4. The van der Waals surface area contributed by atoms with E-state index < -0.39 is 81.8 Å². The largest absolute Gasteiger partial charge is 0.481 e. The number of carbonyl (C=O) groups excluding carboxylic acids is 2. The predicted molar refractivity (Wildman–Crippen MR) is 97.8 cm³/mol. The molecule has 2 saturated heterocycles. The van der Waals surface area contributed by atoms with Crippen molar-refractivity contribution in [2.24, 2.45) is 11.1 Å². The summed E-state index contributed by atoms with van der Waals surface area (Å²) >= 11 is 0. The molecule has 2 aliphatic heterocycles. The highest BCUT2D eigenvalue weighted by Crippen LogP contribution is 2.42. The molecule has 0 bridgehead atoms. The fourth-order valence-corrected chi connectivity index (χ4v) is 5.87. The molecule has 8 nitrogen and oxygen atoms in total. The second-order valence-corrected chi connectivity index (χ2v) is 10.2. The van der Waals surface area contributed by atoms with E-state index in [0.29, 0.717) is 0 Å². The average Bonchev–Trinajstić information content (AvgIpc) is 2.56. The third kappa shape index (κ3) is 4.97. The van der Waals surface area contributed by atoms with Crippen molar-refractivity contribution in [1.29, 1.82) is 0 Å². The number of amides is 1. The van der Waals surface area contributed by atoms with Crippen molar-refractivity contribution in [2.45, 2.75) is 37.7 Å². The van der Waals surface area contributed by atoms with E-state index in [4.69, 9.17) is 15.2 Å². The molecule has 2 N–H and O–H groups in total. The minimum Gasteiger partial charge on any atom is -0.481 e. The summed E-state index contributed by atoms with van der Waals surface area (Å²) in [6.45, 7) is -0.0778. The lowest BCUT2D eigenvalue weighted by Crippen LogP contribution is -2.51.